The Labute approximate surface area is 352 Å². The number of hydrogen-bond donors (Lipinski definition) is 12. The number of rotatable bonds is 20. The molecule has 2 saturated heterocycles. The minimum atomic E-state index is -1.33. The molecule has 0 saturated carbocycles. The molecule has 0 radical (unpaired) electrons. The summed E-state index contributed by atoms with van der Waals surface area (Å²) in [5.41, 5.74) is -0.870. The molecule has 6 atom stereocenters. The summed E-state index contributed by atoms with van der Waals surface area (Å²) in [4.78, 5) is 104. The summed E-state index contributed by atoms with van der Waals surface area (Å²) >= 11 is 0. The summed E-state index contributed by atoms with van der Waals surface area (Å²) < 4.78 is 0. The normalized spacial score (nSPS) is 23.7. The highest BCUT2D eigenvalue weighted by Crippen LogP contribution is 2.52. The number of aromatic amines is 2. The second-order valence-corrected chi connectivity index (χ2v) is 16.6. The molecule has 0 aliphatic carbocycles. The van der Waals surface area contributed by atoms with Gasteiger partial charge >= 0.3 is 47.8 Å². The standard InChI is InChI=1S/C42H50N4O16/c1-41(17-39(59)60)23(5-9-35(51)52)29-14-27-21(11-37(55)56)19(3-7-33(47)48)25(43-27)13-26-20(4-8-34(49)50)22(12-38(57)58)28(44-26)15-31-42(2,18-40(61)62)24(6-10-36(53)54)30(46-31)16-32(41)45-29/h13-16,23-24,31-32,43-46H,3-12,17-18H2,1-2H3,(H,47,48)(H,49,50)(H,51,52)(H,53,54)(H,55,56)(H,57,58)(H,59,60)(H,61,62). The minimum absolute atomic E-state index is 0.0893. The molecular weight excluding hydrogens is 816 g/mol. The van der Waals surface area contributed by atoms with E-state index in [4.69, 9.17) is 0 Å². The SMILES string of the molecule is CC1(CC(=O)O)C2C=C3NC(C=c4[nH]c(c(CCC(=O)O)c4CC(=O)O)=Cc4[nH]c(c(CC(=O)O)c4CCC(=O)O)C=C(N2)C1CCC(=O)O)C(C)(CC(=O)O)C3CCC(=O)O. The van der Waals surface area contributed by atoms with Gasteiger partial charge in [-0.25, -0.2) is 0 Å². The molecule has 2 fully saturated rings. The monoisotopic (exact) mass is 866 g/mol. The van der Waals surface area contributed by atoms with Gasteiger partial charge in [-0.05, 0) is 72.2 Å². The van der Waals surface area contributed by atoms with Gasteiger partial charge in [-0.15, -0.1) is 0 Å². The lowest BCUT2D eigenvalue weighted by Crippen LogP contribution is -2.39. The van der Waals surface area contributed by atoms with Gasteiger partial charge in [0.2, 0.25) is 0 Å². The number of nitrogens with one attached hydrogen (secondary N) is 4. The molecule has 3 aliphatic heterocycles. The number of hydrogen-bond acceptors (Lipinski definition) is 10. The van der Waals surface area contributed by atoms with Crippen LogP contribution in [0.1, 0.15) is 98.9 Å². The average Bonchev–Trinajstić information content (AvgIpc) is 3.77. The summed E-state index contributed by atoms with van der Waals surface area (Å²) in [6, 6.07) is -1.92. The third-order valence-electron chi connectivity index (χ3n) is 12.4. The van der Waals surface area contributed by atoms with E-state index >= 15 is 0 Å². The molecule has 3 aliphatic rings. The number of carbonyl (C=O) groups is 8. The fourth-order valence-electron chi connectivity index (χ4n) is 9.57. The van der Waals surface area contributed by atoms with E-state index in [0.717, 1.165) is 0 Å². The molecule has 5 rings (SSSR count). The third kappa shape index (κ3) is 10.2. The molecule has 334 valence electrons. The van der Waals surface area contributed by atoms with Crippen molar-refractivity contribution in [1.29, 1.82) is 0 Å². The Hall–Kier alpha value is -6.86. The Bertz CT molecular complexity index is 2390. The predicted molar refractivity (Wildman–Crippen MR) is 215 cm³/mol. The highest BCUT2D eigenvalue weighted by molar-refractivity contribution is 5.77. The molecule has 8 bridgehead atoms. The lowest BCUT2D eigenvalue weighted by Gasteiger charge is -2.34. The van der Waals surface area contributed by atoms with E-state index in [1.807, 2.05) is 0 Å². The van der Waals surface area contributed by atoms with Crippen LogP contribution in [0.25, 0.3) is 18.2 Å². The van der Waals surface area contributed by atoms with E-state index in [1.54, 1.807) is 26.0 Å². The zero-order chi connectivity index (χ0) is 45.8. The van der Waals surface area contributed by atoms with E-state index in [2.05, 4.69) is 20.6 Å². The fraction of sp³-hybridized carbons (Fsp3) is 0.476. The van der Waals surface area contributed by atoms with Gasteiger partial charge in [-0.2, -0.15) is 0 Å². The van der Waals surface area contributed by atoms with Gasteiger partial charge in [0.1, 0.15) is 0 Å². The summed E-state index contributed by atoms with van der Waals surface area (Å²) in [5.74, 6) is -11.5. The first kappa shape index (κ1) is 46.2. The molecular formula is C42H50N4O16. The molecule has 6 unspecified atom stereocenters. The zero-order valence-corrected chi connectivity index (χ0v) is 33.9. The van der Waals surface area contributed by atoms with Crippen LogP contribution >= 0.6 is 0 Å². The van der Waals surface area contributed by atoms with Gasteiger partial charge in [-0.1, -0.05) is 13.8 Å². The number of allylic oxidation sites excluding steroid dienone is 2. The van der Waals surface area contributed by atoms with Crippen LogP contribution in [0.4, 0.5) is 0 Å². The van der Waals surface area contributed by atoms with E-state index in [9.17, 15) is 79.2 Å². The van der Waals surface area contributed by atoms with E-state index < -0.39 is 134 Å². The minimum Gasteiger partial charge on any atom is -0.481 e. The van der Waals surface area contributed by atoms with Gasteiger partial charge < -0.3 is 61.5 Å². The van der Waals surface area contributed by atoms with Crippen molar-refractivity contribution < 1.29 is 79.2 Å². The first-order valence-corrected chi connectivity index (χ1v) is 19.9. The van der Waals surface area contributed by atoms with Crippen molar-refractivity contribution in [2.75, 3.05) is 0 Å². The maximum absolute atomic E-state index is 12.6. The number of fused-ring (bicyclic) bond motifs is 8. The quantitative estimate of drug-likeness (QED) is 0.0893. The van der Waals surface area contributed by atoms with Crippen LogP contribution in [0.5, 0.6) is 0 Å². The maximum atomic E-state index is 12.6. The Morgan fingerprint density at radius 3 is 1.44 bits per heavy atom. The summed E-state index contributed by atoms with van der Waals surface area (Å²) in [6.07, 6.45) is 1.61. The van der Waals surface area contributed by atoms with Gasteiger partial charge in [0, 0.05) is 81.8 Å². The summed E-state index contributed by atoms with van der Waals surface area (Å²) in [5, 5.41) is 86.9. The second-order valence-electron chi connectivity index (χ2n) is 16.6. The average molecular weight is 867 g/mol. The third-order valence-corrected chi connectivity index (χ3v) is 12.4. The van der Waals surface area contributed by atoms with E-state index in [-0.39, 0.29) is 70.0 Å². The van der Waals surface area contributed by atoms with Gasteiger partial charge in [0.25, 0.3) is 0 Å². The van der Waals surface area contributed by atoms with E-state index in [0.29, 0.717) is 11.4 Å². The lowest BCUT2D eigenvalue weighted by atomic mass is 9.67. The van der Waals surface area contributed by atoms with Crippen LogP contribution < -0.4 is 21.3 Å². The number of aromatic nitrogens is 2. The zero-order valence-electron chi connectivity index (χ0n) is 33.9. The Morgan fingerprint density at radius 2 is 0.935 bits per heavy atom. The maximum Gasteiger partial charge on any atom is 0.307 e. The first-order valence-electron chi connectivity index (χ1n) is 19.9. The molecule has 62 heavy (non-hydrogen) atoms. The predicted octanol–water partition coefficient (Wildman–Crippen LogP) is 1.35. The molecule has 20 heteroatoms. The lowest BCUT2D eigenvalue weighted by molar-refractivity contribution is -0.141. The molecule has 0 amide bonds. The smallest absolute Gasteiger partial charge is 0.307 e. The Balaban J connectivity index is 1.99. The van der Waals surface area contributed by atoms with E-state index in [1.165, 1.54) is 12.2 Å². The van der Waals surface area contributed by atoms with Gasteiger partial charge in [-0.3, -0.25) is 38.4 Å². The molecule has 0 spiro atoms. The molecule has 2 aromatic heterocycles. The van der Waals surface area contributed by atoms with Crippen LogP contribution in [0.15, 0.2) is 17.5 Å². The topological polar surface area (TPSA) is 354 Å². The van der Waals surface area contributed by atoms with Crippen LogP contribution in [0.2, 0.25) is 0 Å². The van der Waals surface area contributed by atoms with Crippen molar-refractivity contribution >= 4 is 66.0 Å². The number of aliphatic carboxylic acids is 8. The van der Waals surface area contributed by atoms with Gasteiger partial charge in [0.05, 0.1) is 37.8 Å². The largest absolute Gasteiger partial charge is 0.481 e. The van der Waals surface area contributed by atoms with Gasteiger partial charge in [0.15, 0.2) is 0 Å². The first-order chi connectivity index (χ1) is 29.0. The van der Waals surface area contributed by atoms with Crippen LogP contribution in [0.3, 0.4) is 0 Å². The van der Waals surface area contributed by atoms with Crippen LogP contribution in [-0.4, -0.2) is 111 Å². The molecule has 2 aromatic rings. The second kappa shape index (κ2) is 18.4. The van der Waals surface area contributed by atoms with Crippen molar-refractivity contribution in [3.63, 3.8) is 0 Å². The van der Waals surface area contributed by atoms with Crippen LogP contribution in [-0.2, 0) is 64.0 Å². The van der Waals surface area contributed by atoms with Crippen molar-refractivity contribution in [3.05, 3.63) is 61.8 Å². The number of carboxylic acids is 8. The summed E-state index contributed by atoms with van der Waals surface area (Å²) in [7, 11) is 0. The summed E-state index contributed by atoms with van der Waals surface area (Å²) in [6.45, 7) is 3.27. The van der Waals surface area contributed by atoms with Crippen molar-refractivity contribution in [1.82, 2.24) is 20.6 Å². The molecule has 12 N–H and O–H groups in total. The molecule has 20 nitrogen and oxygen atoms in total. The fourth-order valence-corrected chi connectivity index (χ4v) is 9.57. The Morgan fingerprint density at radius 1 is 0.484 bits per heavy atom. The highest BCUT2D eigenvalue weighted by Gasteiger charge is 2.53. The van der Waals surface area contributed by atoms with Crippen molar-refractivity contribution in [2.45, 2.75) is 103 Å². The van der Waals surface area contributed by atoms with Crippen molar-refractivity contribution in [2.24, 2.45) is 22.7 Å². The number of carboxylic acid groups (broad SMARTS) is 8. The number of H-pyrrole nitrogens is 2. The van der Waals surface area contributed by atoms with Crippen LogP contribution in [0, 0.1) is 22.7 Å². The Kier molecular flexibility index (Phi) is 13.7. The molecule has 0 aromatic carbocycles. The molecule has 5 heterocycles. The van der Waals surface area contributed by atoms with Crippen molar-refractivity contribution in [3.8, 4) is 0 Å². The highest BCUT2D eigenvalue weighted by atomic mass is 16.4.